The van der Waals surface area contributed by atoms with E-state index in [1.54, 1.807) is 18.4 Å². The van der Waals surface area contributed by atoms with Gasteiger partial charge in [-0.15, -0.1) is 11.3 Å². The number of para-hydroxylation sites is 1. The van der Waals surface area contributed by atoms with Crippen LogP contribution in [0.5, 0.6) is 0 Å². The molecule has 0 atom stereocenters. The molecule has 1 saturated heterocycles. The molecule has 0 unspecified atom stereocenters. The van der Waals surface area contributed by atoms with E-state index in [0.717, 1.165) is 30.0 Å². The maximum Gasteiger partial charge on any atom is 0.234 e. The third-order valence-electron chi connectivity index (χ3n) is 4.83. The van der Waals surface area contributed by atoms with Gasteiger partial charge in [0.15, 0.2) is 0 Å². The number of carbonyl (C=O) groups excluding carboxylic acids is 2. The number of methoxy groups -OCH3 is 1. The lowest BCUT2D eigenvalue weighted by molar-refractivity contribution is -0.133. The van der Waals surface area contributed by atoms with Crippen molar-refractivity contribution >= 4 is 33.4 Å². The summed E-state index contributed by atoms with van der Waals surface area (Å²) in [6.45, 7) is 4.50. The maximum absolute atomic E-state index is 12.5. The molecule has 2 amide bonds. The van der Waals surface area contributed by atoms with Crippen molar-refractivity contribution in [2.75, 3.05) is 53.0 Å². The molecule has 1 aromatic carbocycles. The zero-order valence-corrected chi connectivity index (χ0v) is 17.2. The van der Waals surface area contributed by atoms with Gasteiger partial charge >= 0.3 is 0 Å². The van der Waals surface area contributed by atoms with Gasteiger partial charge in [0, 0.05) is 59.3 Å². The Bertz CT molecular complexity index is 754. The number of hydrogen-bond acceptors (Lipinski definition) is 6. The van der Waals surface area contributed by atoms with Crippen LogP contribution in [0.4, 0.5) is 0 Å². The second-order valence-electron chi connectivity index (χ2n) is 6.93. The van der Waals surface area contributed by atoms with Crippen LogP contribution >= 0.6 is 11.3 Å². The first-order valence-corrected chi connectivity index (χ1v) is 10.6. The summed E-state index contributed by atoms with van der Waals surface area (Å²) in [4.78, 5) is 33.1. The smallest absolute Gasteiger partial charge is 0.234 e. The van der Waals surface area contributed by atoms with Crippen LogP contribution in [0.3, 0.4) is 0 Å². The molecule has 0 bridgehead atoms. The van der Waals surface area contributed by atoms with Crippen LogP contribution in [0.2, 0.25) is 0 Å². The number of thiazole rings is 1. The molecule has 0 radical (unpaired) electrons. The number of fused-ring (bicyclic) bond motifs is 1. The van der Waals surface area contributed by atoms with Crippen LogP contribution in [0, 0.1) is 0 Å². The molecule has 1 fully saturated rings. The van der Waals surface area contributed by atoms with Gasteiger partial charge in [0.05, 0.1) is 21.8 Å². The minimum Gasteiger partial charge on any atom is -0.385 e. The third-order valence-corrected chi connectivity index (χ3v) is 5.93. The van der Waals surface area contributed by atoms with E-state index in [0.29, 0.717) is 45.6 Å². The number of rotatable bonds is 9. The quantitative estimate of drug-likeness (QED) is 0.642. The van der Waals surface area contributed by atoms with Crippen LogP contribution in [0.1, 0.15) is 17.8 Å². The molecule has 1 aliphatic heterocycles. The number of piperazine rings is 1. The lowest BCUT2D eigenvalue weighted by Gasteiger charge is -2.34. The van der Waals surface area contributed by atoms with E-state index >= 15 is 0 Å². The van der Waals surface area contributed by atoms with Gasteiger partial charge < -0.3 is 15.0 Å². The first-order valence-electron chi connectivity index (χ1n) is 9.76. The molecule has 7 nitrogen and oxygen atoms in total. The highest BCUT2D eigenvalue weighted by Gasteiger charge is 2.22. The number of ether oxygens (including phenoxy) is 1. The first-order chi connectivity index (χ1) is 13.7. The van der Waals surface area contributed by atoms with Crippen LogP contribution in [-0.2, 0) is 20.7 Å². The highest BCUT2D eigenvalue weighted by atomic mass is 32.1. The van der Waals surface area contributed by atoms with Crippen molar-refractivity contribution in [3.05, 3.63) is 29.3 Å². The molecule has 1 N–H and O–H groups in total. The largest absolute Gasteiger partial charge is 0.385 e. The molecule has 8 heteroatoms. The standard InChI is InChI=1S/C20H28N4O3S/c1-27-14-4-9-21-18(25)15-23-10-12-24(13-11-23)20(26)8-7-19-22-16-5-2-3-6-17(16)28-19/h2-3,5-6H,4,7-15H2,1H3,(H,21,25). The first kappa shape index (κ1) is 20.7. The Kier molecular flexibility index (Phi) is 7.76. The maximum atomic E-state index is 12.5. The molecule has 2 heterocycles. The SMILES string of the molecule is COCCCNC(=O)CN1CCN(C(=O)CCc2nc3ccccc3s2)CC1. The number of nitrogens with one attached hydrogen (secondary N) is 1. The molecule has 28 heavy (non-hydrogen) atoms. The van der Waals surface area contributed by atoms with E-state index in [-0.39, 0.29) is 11.8 Å². The van der Waals surface area contributed by atoms with E-state index in [9.17, 15) is 9.59 Å². The van der Waals surface area contributed by atoms with Gasteiger partial charge in [-0.2, -0.15) is 0 Å². The molecular formula is C20H28N4O3S. The van der Waals surface area contributed by atoms with E-state index in [1.807, 2.05) is 23.1 Å². The van der Waals surface area contributed by atoms with Gasteiger partial charge in [-0.05, 0) is 18.6 Å². The molecule has 1 aromatic heterocycles. The van der Waals surface area contributed by atoms with E-state index in [1.165, 1.54) is 4.70 Å². The van der Waals surface area contributed by atoms with E-state index in [2.05, 4.69) is 21.3 Å². The second-order valence-corrected chi connectivity index (χ2v) is 8.04. The van der Waals surface area contributed by atoms with Crippen LogP contribution in [0.15, 0.2) is 24.3 Å². The third kappa shape index (κ3) is 5.98. The molecule has 0 saturated carbocycles. The highest BCUT2D eigenvalue weighted by molar-refractivity contribution is 7.18. The summed E-state index contributed by atoms with van der Waals surface area (Å²) in [5, 5.41) is 3.91. The van der Waals surface area contributed by atoms with Crippen LogP contribution < -0.4 is 5.32 Å². The Balaban J connectivity index is 1.36. The number of nitrogens with zero attached hydrogens (tertiary/aromatic N) is 3. The van der Waals surface area contributed by atoms with Gasteiger partial charge in [0.25, 0.3) is 0 Å². The van der Waals surface area contributed by atoms with Crippen molar-refractivity contribution in [3.8, 4) is 0 Å². The predicted octanol–water partition coefficient (Wildman–Crippen LogP) is 1.53. The van der Waals surface area contributed by atoms with Gasteiger partial charge in [-0.3, -0.25) is 14.5 Å². The molecule has 3 rings (SSSR count). The lowest BCUT2D eigenvalue weighted by Crippen LogP contribution is -2.51. The van der Waals surface area contributed by atoms with E-state index < -0.39 is 0 Å². The summed E-state index contributed by atoms with van der Waals surface area (Å²) in [6, 6.07) is 8.06. The van der Waals surface area contributed by atoms with Crippen molar-refractivity contribution in [2.45, 2.75) is 19.3 Å². The molecule has 152 valence electrons. The fraction of sp³-hybridized carbons (Fsp3) is 0.550. The molecule has 2 aromatic rings. The molecule has 1 aliphatic rings. The minimum absolute atomic E-state index is 0.0340. The van der Waals surface area contributed by atoms with E-state index in [4.69, 9.17) is 4.74 Å². The Morgan fingerprint density at radius 3 is 2.75 bits per heavy atom. The Morgan fingerprint density at radius 1 is 1.21 bits per heavy atom. The number of aromatic nitrogens is 1. The average molecular weight is 405 g/mol. The lowest BCUT2D eigenvalue weighted by atomic mass is 10.2. The number of hydrogen-bond donors (Lipinski definition) is 1. The number of benzene rings is 1. The van der Waals surface area contributed by atoms with Crippen molar-refractivity contribution in [1.82, 2.24) is 20.1 Å². The second kappa shape index (κ2) is 10.5. The Hall–Kier alpha value is -2.03. The summed E-state index contributed by atoms with van der Waals surface area (Å²) in [5.74, 6) is 0.203. The van der Waals surface area contributed by atoms with Crippen molar-refractivity contribution < 1.29 is 14.3 Å². The summed E-state index contributed by atoms with van der Waals surface area (Å²) < 4.78 is 6.13. The van der Waals surface area contributed by atoms with Crippen molar-refractivity contribution in [2.24, 2.45) is 0 Å². The van der Waals surface area contributed by atoms with Gasteiger partial charge in [-0.25, -0.2) is 4.98 Å². The normalized spacial score (nSPS) is 15.1. The summed E-state index contributed by atoms with van der Waals surface area (Å²) >= 11 is 1.66. The summed E-state index contributed by atoms with van der Waals surface area (Å²) in [7, 11) is 1.65. The summed E-state index contributed by atoms with van der Waals surface area (Å²) in [6.07, 6.45) is 1.99. The number of carbonyl (C=O) groups is 2. The monoisotopic (exact) mass is 404 g/mol. The number of amides is 2. The van der Waals surface area contributed by atoms with Gasteiger partial charge in [-0.1, -0.05) is 12.1 Å². The molecule has 0 aliphatic carbocycles. The zero-order chi connectivity index (χ0) is 19.8. The van der Waals surface area contributed by atoms with Crippen molar-refractivity contribution in [3.63, 3.8) is 0 Å². The molecular weight excluding hydrogens is 376 g/mol. The average Bonchev–Trinajstić information content (AvgIpc) is 3.13. The van der Waals surface area contributed by atoms with Crippen LogP contribution in [-0.4, -0.2) is 79.6 Å². The zero-order valence-electron chi connectivity index (χ0n) is 16.4. The highest BCUT2D eigenvalue weighted by Crippen LogP contribution is 2.22. The Morgan fingerprint density at radius 2 is 2.00 bits per heavy atom. The number of aryl methyl sites for hydroxylation is 1. The van der Waals surface area contributed by atoms with Gasteiger partial charge in [0.1, 0.15) is 0 Å². The topological polar surface area (TPSA) is 74.8 Å². The summed E-state index contributed by atoms with van der Waals surface area (Å²) in [5.41, 5.74) is 1.00. The predicted molar refractivity (Wildman–Crippen MR) is 110 cm³/mol. The fourth-order valence-electron chi connectivity index (χ4n) is 3.26. The molecule has 0 spiro atoms. The van der Waals surface area contributed by atoms with Gasteiger partial charge in [0.2, 0.25) is 11.8 Å². The van der Waals surface area contributed by atoms with Crippen LogP contribution in [0.25, 0.3) is 10.2 Å². The fourth-order valence-corrected chi connectivity index (χ4v) is 4.22. The Labute approximate surface area is 169 Å². The van der Waals surface area contributed by atoms with Crippen molar-refractivity contribution in [1.29, 1.82) is 0 Å². The minimum atomic E-state index is 0.0340.